The summed E-state index contributed by atoms with van der Waals surface area (Å²) in [7, 11) is 0. The van der Waals surface area contributed by atoms with Crippen LogP contribution in [0.1, 0.15) is 5.56 Å². The number of aliphatic imine (C=N–C) groups is 1. The molecule has 0 amide bonds. The van der Waals surface area contributed by atoms with Crippen LogP contribution in [-0.2, 0) is 0 Å². The maximum Gasteiger partial charge on any atom is 0.181 e. The molecule has 0 aromatic heterocycles. The summed E-state index contributed by atoms with van der Waals surface area (Å²) in [6.45, 7) is 2.02. The molecule has 0 atom stereocenters. The Hall–Kier alpha value is -2.09. The molecule has 0 aliphatic rings. The highest BCUT2D eigenvalue weighted by atomic mass is 16.5. The fraction of sp³-hybridized carbons (Fsp3) is 0.0714. The van der Waals surface area contributed by atoms with Crippen molar-refractivity contribution in [1.82, 2.24) is 0 Å². The highest BCUT2D eigenvalue weighted by Crippen LogP contribution is 2.16. The summed E-state index contributed by atoms with van der Waals surface area (Å²) >= 11 is 0. The van der Waals surface area contributed by atoms with Crippen LogP contribution in [0.3, 0.4) is 0 Å². The summed E-state index contributed by atoms with van der Waals surface area (Å²) in [5.74, 6) is 0.792. The molecule has 0 saturated carbocycles. The molecule has 2 aromatic carbocycles. The first-order valence-corrected chi connectivity index (χ1v) is 5.16. The molecule has 0 fully saturated rings. The van der Waals surface area contributed by atoms with Crippen molar-refractivity contribution in [2.75, 3.05) is 0 Å². The summed E-state index contributed by atoms with van der Waals surface area (Å²) in [4.78, 5) is 4.25. The van der Waals surface area contributed by atoms with Crippen molar-refractivity contribution >= 4 is 12.1 Å². The van der Waals surface area contributed by atoms with Gasteiger partial charge in [-0.3, -0.25) is 0 Å². The number of ether oxygens (including phenoxy) is 1. The van der Waals surface area contributed by atoms with E-state index in [1.54, 1.807) is 0 Å². The minimum Gasteiger partial charge on any atom is -0.446 e. The van der Waals surface area contributed by atoms with Gasteiger partial charge in [0.25, 0.3) is 0 Å². The van der Waals surface area contributed by atoms with Gasteiger partial charge >= 0.3 is 0 Å². The largest absolute Gasteiger partial charge is 0.446 e. The Morgan fingerprint density at radius 3 is 2.38 bits per heavy atom. The van der Waals surface area contributed by atoms with Crippen molar-refractivity contribution in [2.45, 2.75) is 6.92 Å². The number of nitrogens with zero attached hydrogens (tertiary/aromatic N) is 1. The quantitative estimate of drug-likeness (QED) is 0.560. The topological polar surface area (TPSA) is 21.6 Å². The van der Waals surface area contributed by atoms with Crippen LogP contribution in [0.15, 0.2) is 59.6 Å². The monoisotopic (exact) mass is 211 g/mol. The average Bonchev–Trinajstić information content (AvgIpc) is 2.33. The first-order chi connectivity index (χ1) is 7.86. The van der Waals surface area contributed by atoms with Gasteiger partial charge in [-0.15, -0.1) is 0 Å². The van der Waals surface area contributed by atoms with E-state index in [1.807, 2.05) is 61.5 Å². The van der Waals surface area contributed by atoms with E-state index in [0.29, 0.717) is 0 Å². The second kappa shape index (κ2) is 5.12. The number of rotatable bonds is 3. The van der Waals surface area contributed by atoms with Gasteiger partial charge in [0.2, 0.25) is 0 Å². The predicted molar refractivity (Wildman–Crippen MR) is 66.4 cm³/mol. The van der Waals surface area contributed by atoms with E-state index >= 15 is 0 Å². The molecule has 0 saturated heterocycles. The summed E-state index contributed by atoms with van der Waals surface area (Å²) < 4.78 is 5.37. The van der Waals surface area contributed by atoms with Crippen LogP contribution in [-0.4, -0.2) is 6.40 Å². The molecule has 0 heterocycles. The van der Waals surface area contributed by atoms with Gasteiger partial charge in [-0.25, -0.2) is 4.99 Å². The lowest BCUT2D eigenvalue weighted by atomic mass is 10.2. The normalized spacial score (nSPS) is 10.6. The van der Waals surface area contributed by atoms with E-state index < -0.39 is 0 Å². The molecule has 0 radical (unpaired) electrons. The van der Waals surface area contributed by atoms with Gasteiger partial charge in [0.05, 0.1) is 5.69 Å². The molecule has 0 spiro atoms. The Balaban J connectivity index is 2.03. The molecule has 0 aliphatic carbocycles. The molecule has 2 heteroatoms. The van der Waals surface area contributed by atoms with E-state index in [1.165, 1.54) is 6.40 Å². The van der Waals surface area contributed by atoms with Gasteiger partial charge in [0, 0.05) is 0 Å². The number of hydrogen-bond donors (Lipinski definition) is 0. The summed E-state index contributed by atoms with van der Waals surface area (Å²) in [6.07, 6.45) is 1.47. The highest BCUT2D eigenvalue weighted by molar-refractivity contribution is 5.60. The number of hydrogen-bond acceptors (Lipinski definition) is 2. The van der Waals surface area contributed by atoms with Crippen LogP contribution in [0.5, 0.6) is 5.75 Å². The zero-order valence-corrected chi connectivity index (χ0v) is 9.13. The first kappa shape index (κ1) is 10.4. The zero-order valence-electron chi connectivity index (χ0n) is 9.13. The van der Waals surface area contributed by atoms with E-state index in [-0.39, 0.29) is 0 Å². The lowest BCUT2D eigenvalue weighted by Crippen LogP contribution is -1.88. The Morgan fingerprint density at radius 2 is 1.62 bits per heavy atom. The Morgan fingerprint density at radius 1 is 0.938 bits per heavy atom. The third kappa shape index (κ3) is 2.70. The number of aryl methyl sites for hydroxylation is 1. The summed E-state index contributed by atoms with van der Waals surface area (Å²) in [6, 6.07) is 17.5. The standard InChI is InChI=1S/C14H13NO/c1-12-7-5-6-10-14(12)15-11-16-13-8-3-2-4-9-13/h2-11H,1H3. The van der Waals surface area contributed by atoms with Gasteiger partial charge in [-0.1, -0.05) is 36.4 Å². The molecule has 80 valence electrons. The van der Waals surface area contributed by atoms with E-state index in [0.717, 1.165) is 17.0 Å². The van der Waals surface area contributed by atoms with Crippen LogP contribution in [0.2, 0.25) is 0 Å². The summed E-state index contributed by atoms with van der Waals surface area (Å²) in [5, 5.41) is 0. The Bertz CT molecular complexity index is 477. The van der Waals surface area contributed by atoms with Crippen molar-refractivity contribution in [3.63, 3.8) is 0 Å². The molecule has 0 N–H and O–H groups in total. The molecule has 0 unspecified atom stereocenters. The van der Waals surface area contributed by atoms with E-state index in [2.05, 4.69) is 4.99 Å². The minimum atomic E-state index is 0.792. The molecule has 2 rings (SSSR count). The van der Waals surface area contributed by atoms with Gasteiger partial charge in [-0.05, 0) is 30.7 Å². The molecule has 0 aliphatic heterocycles. The number of para-hydroxylation sites is 2. The third-order valence-corrected chi connectivity index (χ3v) is 2.24. The minimum absolute atomic E-state index is 0.792. The third-order valence-electron chi connectivity index (χ3n) is 2.24. The average molecular weight is 211 g/mol. The van der Waals surface area contributed by atoms with Gasteiger partial charge in [0.15, 0.2) is 6.40 Å². The van der Waals surface area contributed by atoms with Gasteiger partial charge in [0.1, 0.15) is 5.75 Å². The Kier molecular flexibility index (Phi) is 3.34. The van der Waals surface area contributed by atoms with Gasteiger partial charge in [-0.2, -0.15) is 0 Å². The molecule has 2 aromatic rings. The molecule has 2 nitrogen and oxygen atoms in total. The van der Waals surface area contributed by atoms with Crippen molar-refractivity contribution in [3.8, 4) is 5.75 Å². The van der Waals surface area contributed by atoms with Crippen LogP contribution < -0.4 is 4.74 Å². The van der Waals surface area contributed by atoms with Crippen molar-refractivity contribution < 1.29 is 4.74 Å². The van der Waals surface area contributed by atoms with Crippen LogP contribution in [0.25, 0.3) is 0 Å². The molecule has 0 bridgehead atoms. The molecular weight excluding hydrogens is 198 g/mol. The Labute approximate surface area is 95.2 Å². The van der Waals surface area contributed by atoms with Crippen LogP contribution >= 0.6 is 0 Å². The predicted octanol–water partition coefficient (Wildman–Crippen LogP) is 3.73. The second-order valence-corrected chi connectivity index (χ2v) is 3.45. The molecule has 16 heavy (non-hydrogen) atoms. The van der Waals surface area contributed by atoms with Crippen LogP contribution in [0.4, 0.5) is 5.69 Å². The lowest BCUT2D eigenvalue weighted by Gasteiger charge is -1.99. The summed E-state index contributed by atoms with van der Waals surface area (Å²) in [5.41, 5.74) is 2.06. The van der Waals surface area contributed by atoms with Crippen molar-refractivity contribution in [3.05, 3.63) is 60.2 Å². The zero-order chi connectivity index (χ0) is 11.2. The van der Waals surface area contributed by atoms with E-state index in [4.69, 9.17) is 4.74 Å². The second-order valence-electron chi connectivity index (χ2n) is 3.45. The maximum atomic E-state index is 5.37. The lowest BCUT2D eigenvalue weighted by molar-refractivity contribution is 0.574. The molecular formula is C14H13NO. The van der Waals surface area contributed by atoms with Crippen molar-refractivity contribution in [1.29, 1.82) is 0 Å². The highest BCUT2D eigenvalue weighted by Gasteiger charge is 1.92. The van der Waals surface area contributed by atoms with Crippen LogP contribution in [0, 0.1) is 6.92 Å². The maximum absolute atomic E-state index is 5.37. The number of benzene rings is 2. The fourth-order valence-corrected chi connectivity index (χ4v) is 1.35. The fourth-order valence-electron chi connectivity index (χ4n) is 1.35. The van der Waals surface area contributed by atoms with Crippen molar-refractivity contribution in [2.24, 2.45) is 4.99 Å². The van der Waals surface area contributed by atoms with E-state index in [9.17, 15) is 0 Å². The SMILES string of the molecule is Cc1ccccc1N=COc1ccccc1. The smallest absolute Gasteiger partial charge is 0.181 e. The first-order valence-electron chi connectivity index (χ1n) is 5.16. The van der Waals surface area contributed by atoms with Gasteiger partial charge < -0.3 is 4.74 Å².